The minimum atomic E-state index is -0.561. The standard InChI is InChI=1S/C29H24F2N4O3S/c30-21-8-4-18(5-9-21)14-20-2-1-3-24-27(20)33-35(28(24)19-6-10-22(31)11-7-19)25(36)17-38-26(37)15-23-16-34-12-13-39-29(34)32-23/h4-14,16,24,28H,1-3,15,17H2/b20-14-/t24-,28-/m0/s1. The maximum Gasteiger partial charge on any atom is 0.312 e. The summed E-state index contributed by atoms with van der Waals surface area (Å²) < 4.78 is 34.3. The number of imidazole rings is 1. The molecule has 1 fully saturated rings. The number of benzene rings is 2. The van der Waals surface area contributed by atoms with Crippen molar-refractivity contribution in [1.29, 1.82) is 0 Å². The summed E-state index contributed by atoms with van der Waals surface area (Å²) in [7, 11) is 0. The molecule has 0 spiro atoms. The Bertz CT molecular complexity index is 1560. The Morgan fingerprint density at radius 3 is 2.56 bits per heavy atom. The molecule has 4 aromatic rings. The molecule has 1 aliphatic heterocycles. The third-order valence-electron chi connectivity index (χ3n) is 7.00. The molecule has 1 amide bonds. The fourth-order valence-corrected chi connectivity index (χ4v) is 5.95. The molecule has 2 aromatic carbocycles. The molecule has 1 aliphatic carbocycles. The molecule has 1 saturated carbocycles. The van der Waals surface area contributed by atoms with Crippen LogP contribution in [0.4, 0.5) is 8.78 Å². The van der Waals surface area contributed by atoms with Crippen LogP contribution in [-0.4, -0.2) is 38.6 Å². The van der Waals surface area contributed by atoms with Crippen LogP contribution in [0.15, 0.2) is 77.0 Å². The largest absolute Gasteiger partial charge is 0.455 e. The Labute approximate surface area is 227 Å². The number of hydrogen-bond donors (Lipinski definition) is 0. The van der Waals surface area contributed by atoms with Gasteiger partial charge in [-0.1, -0.05) is 24.3 Å². The number of amides is 1. The number of carbonyl (C=O) groups is 2. The van der Waals surface area contributed by atoms with Crippen molar-refractivity contribution in [3.05, 3.63) is 100 Å². The minimum absolute atomic E-state index is 0.0508. The summed E-state index contributed by atoms with van der Waals surface area (Å²) in [5.74, 6) is -1.81. The van der Waals surface area contributed by atoms with Gasteiger partial charge in [0.1, 0.15) is 11.6 Å². The molecular formula is C29H24F2N4O3S. The van der Waals surface area contributed by atoms with Gasteiger partial charge in [0.25, 0.3) is 5.91 Å². The van der Waals surface area contributed by atoms with Gasteiger partial charge in [0.2, 0.25) is 0 Å². The predicted octanol–water partition coefficient (Wildman–Crippen LogP) is 5.58. The van der Waals surface area contributed by atoms with E-state index in [4.69, 9.17) is 9.84 Å². The van der Waals surface area contributed by atoms with Crippen molar-refractivity contribution in [1.82, 2.24) is 14.4 Å². The lowest BCUT2D eigenvalue weighted by Crippen LogP contribution is -2.34. The molecule has 39 heavy (non-hydrogen) atoms. The summed E-state index contributed by atoms with van der Waals surface area (Å²) in [6.07, 6.45) is 7.97. The first kappa shape index (κ1) is 25.1. The number of fused-ring (bicyclic) bond motifs is 2. The molecule has 0 saturated heterocycles. The summed E-state index contributed by atoms with van der Waals surface area (Å²) in [6, 6.07) is 11.8. The highest BCUT2D eigenvalue weighted by molar-refractivity contribution is 7.15. The second-order valence-corrected chi connectivity index (χ2v) is 10.5. The monoisotopic (exact) mass is 546 g/mol. The lowest BCUT2D eigenvalue weighted by atomic mass is 9.77. The molecule has 0 N–H and O–H groups in total. The number of hydrogen-bond acceptors (Lipinski definition) is 6. The zero-order valence-corrected chi connectivity index (χ0v) is 21.6. The van der Waals surface area contributed by atoms with Gasteiger partial charge in [-0.25, -0.2) is 18.8 Å². The molecule has 0 unspecified atom stereocenters. The molecule has 3 heterocycles. The van der Waals surface area contributed by atoms with Crippen molar-refractivity contribution in [2.24, 2.45) is 11.0 Å². The number of halogens is 2. The average Bonchev–Trinajstić information content (AvgIpc) is 3.63. The molecule has 10 heteroatoms. The number of aromatic nitrogens is 2. The third kappa shape index (κ3) is 5.24. The molecule has 7 nitrogen and oxygen atoms in total. The van der Waals surface area contributed by atoms with E-state index in [2.05, 4.69) is 4.98 Å². The Hall–Kier alpha value is -4.18. The first-order valence-corrected chi connectivity index (χ1v) is 13.5. The van der Waals surface area contributed by atoms with E-state index in [1.807, 2.05) is 22.1 Å². The second-order valence-electron chi connectivity index (χ2n) is 9.60. The van der Waals surface area contributed by atoms with E-state index in [0.29, 0.717) is 5.69 Å². The van der Waals surface area contributed by atoms with Crippen LogP contribution in [0.5, 0.6) is 0 Å². The molecule has 198 valence electrons. The molecule has 2 aromatic heterocycles. The maximum atomic E-state index is 13.7. The van der Waals surface area contributed by atoms with Gasteiger partial charge in [-0.05, 0) is 66.3 Å². The zero-order valence-electron chi connectivity index (χ0n) is 20.8. The highest BCUT2D eigenvalue weighted by Crippen LogP contribution is 2.44. The predicted molar refractivity (Wildman–Crippen MR) is 143 cm³/mol. The van der Waals surface area contributed by atoms with Crippen molar-refractivity contribution in [3.63, 3.8) is 0 Å². The van der Waals surface area contributed by atoms with Gasteiger partial charge in [0.15, 0.2) is 11.6 Å². The lowest BCUT2D eigenvalue weighted by molar-refractivity contribution is -0.152. The number of ether oxygens (including phenoxy) is 1. The van der Waals surface area contributed by atoms with Gasteiger partial charge in [-0.15, -0.1) is 11.3 Å². The summed E-state index contributed by atoms with van der Waals surface area (Å²) >= 11 is 1.46. The normalized spacial score (nSPS) is 19.8. The van der Waals surface area contributed by atoms with E-state index < -0.39 is 24.5 Å². The molecule has 2 atom stereocenters. The van der Waals surface area contributed by atoms with Gasteiger partial charge < -0.3 is 4.74 Å². The van der Waals surface area contributed by atoms with E-state index in [-0.39, 0.29) is 24.0 Å². The van der Waals surface area contributed by atoms with E-state index in [1.165, 1.54) is 40.6 Å². The van der Waals surface area contributed by atoms with Crippen molar-refractivity contribution in [3.8, 4) is 0 Å². The summed E-state index contributed by atoms with van der Waals surface area (Å²) in [5, 5.41) is 8.00. The molecule has 2 aliphatic rings. The van der Waals surface area contributed by atoms with Gasteiger partial charge in [0.05, 0.1) is 23.9 Å². The average molecular weight is 547 g/mol. The first-order chi connectivity index (χ1) is 18.9. The molecular weight excluding hydrogens is 522 g/mol. The van der Waals surface area contributed by atoms with Crippen LogP contribution in [0.3, 0.4) is 0 Å². The number of hydrazone groups is 1. The lowest BCUT2D eigenvalue weighted by Gasteiger charge is -2.29. The maximum absolute atomic E-state index is 13.7. The zero-order chi connectivity index (χ0) is 26.9. The van der Waals surface area contributed by atoms with Crippen LogP contribution in [0.1, 0.15) is 42.1 Å². The van der Waals surface area contributed by atoms with Gasteiger partial charge in [-0.2, -0.15) is 5.10 Å². The molecule has 0 bridgehead atoms. The van der Waals surface area contributed by atoms with E-state index >= 15 is 0 Å². The second kappa shape index (κ2) is 10.5. The molecule has 6 rings (SSSR count). The van der Waals surface area contributed by atoms with Crippen LogP contribution < -0.4 is 0 Å². The van der Waals surface area contributed by atoms with Crippen LogP contribution >= 0.6 is 11.3 Å². The van der Waals surface area contributed by atoms with Crippen LogP contribution in [-0.2, 0) is 20.7 Å². The minimum Gasteiger partial charge on any atom is -0.455 e. The quantitative estimate of drug-likeness (QED) is 0.296. The SMILES string of the molecule is O=C(Cc1cn2ccsc2n1)OCC(=O)N1N=C2/C(=C\c3ccc(F)cc3)CCC[C@@H]2[C@@H]1c1ccc(F)cc1. The summed E-state index contributed by atoms with van der Waals surface area (Å²) in [6.45, 7) is -0.473. The van der Waals surface area contributed by atoms with Crippen LogP contribution in [0.2, 0.25) is 0 Å². The Kier molecular flexibility index (Phi) is 6.78. The Morgan fingerprint density at radius 1 is 1.08 bits per heavy atom. The number of carbonyl (C=O) groups excluding carboxylic acids is 2. The van der Waals surface area contributed by atoms with E-state index in [9.17, 15) is 18.4 Å². The molecule has 0 radical (unpaired) electrons. The Balaban J connectivity index is 1.23. The first-order valence-electron chi connectivity index (χ1n) is 12.6. The number of esters is 1. The van der Waals surface area contributed by atoms with Crippen molar-refractivity contribution >= 4 is 40.0 Å². The Morgan fingerprint density at radius 2 is 1.82 bits per heavy atom. The third-order valence-corrected chi connectivity index (χ3v) is 7.78. The van der Waals surface area contributed by atoms with Gasteiger partial charge in [-0.3, -0.25) is 14.0 Å². The number of thiazole rings is 1. The summed E-state index contributed by atoms with van der Waals surface area (Å²) in [5.41, 5.74) is 3.90. The number of rotatable bonds is 6. The number of allylic oxidation sites excluding steroid dienone is 1. The van der Waals surface area contributed by atoms with Crippen molar-refractivity contribution in [2.45, 2.75) is 31.7 Å². The van der Waals surface area contributed by atoms with Crippen LogP contribution in [0.25, 0.3) is 11.0 Å². The highest BCUT2D eigenvalue weighted by atomic mass is 32.1. The fourth-order valence-electron chi connectivity index (χ4n) is 5.23. The summed E-state index contributed by atoms with van der Waals surface area (Å²) in [4.78, 5) is 31.0. The highest BCUT2D eigenvalue weighted by Gasteiger charge is 2.43. The van der Waals surface area contributed by atoms with Gasteiger partial charge >= 0.3 is 5.97 Å². The van der Waals surface area contributed by atoms with E-state index in [0.717, 1.165) is 46.6 Å². The topological polar surface area (TPSA) is 76.3 Å². The van der Waals surface area contributed by atoms with E-state index in [1.54, 1.807) is 30.5 Å². The smallest absolute Gasteiger partial charge is 0.312 e. The number of nitrogens with zero attached hydrogens (tertiary/aromatic N) is 4. The van der Waals surface area contributed by atoms with Crippen molar-refractivity contribution in [2.75, 3.05) is 6.61 Å². The fraction of sp³-hybridized carbons (Fsp3) is 0.241. The van der Waals surface area contributed by atoms with Gasteiger partial charge in [0, 0.05) is 23.7 Å². The van der Waals surface area contributed by atoms with Crippen LogP contribution in [0, 0.1) is 17.6 Å². The van der Waals surface area contributed by atoms with Crippen molar-refractivity contribution < 1.29 is 23.1 Å².